The average molecular weight is 339 g/mol. The van der Waals surface area contributed by atoms with Gasteiger partial charge in [-0.2, -0.15) is 0 Å². The first-order valence-electron chi connectivity index (χ1n) is 7.28. The lowest BCUT2D eigenvalue weighted by Crippen LogP contribution is -2.53. The Morgan fingerprint density at radius 3 is 2.55 bits per heavy atom. The summed E-state index contributed by atoms with van der Waals surface area (Å²) in [5.74, 6) is -0.0115. The molecule has 110 valence electrons. The molecule has 1 saturated heterocycles. The second-order valence-corrected chi connectivity index (χ2v) is 6.88. The normalized spacial score (nSPS) is 16.9. The summed E-state index contributed by atoms with van der Waals surface area (Å²) < 4.78 is 0.841. The van der Waals surface area contributed by atoms with E-state index in [2.05, 4.69) is 40.0 Å². The topological polar surface area (TPSA) is 32.3 Å². The molecule has 0 radical (unpaired) electrons. The van der Waals surface area contributed by atoms with E-state index in [0.717, 1.165) is 17.6 Å². The lowest BCUT2D eigenvalue weighted by atomic mass is 9.98. The van der Waals surface area contributed by atoms with Crippen molar-refractivity contribution in [1.82, 2.24) is 10.2 Å². The van der Waals surface area contributed by atoms with Gasteiger partial charge in [0.25, 0.3) is 5.91 Å². The van der Waals surface area contributed by atoms with Gasteiger partial charge in [0.1, 0.15) is 0 Å². The van der Waals surface area contributed by atoms with Crippen LogP contribution in [0.15, 0.2) is 28.7 Å². The lowest BCUT2D eigenvalue weighted by molar-refractivity contribution is 0.0797. The fraction of sp³-hybridized carbons (Fsp3) is 0.562. The molecule has 1 aliphatic rings. The smallest absolute Gasteiger partial charge is 0.252 e. The van der Waals surface area contributed by atoms with Crippen molar-refractivity contribution in [3.05, 3.63) is 34.3 Å². The lowest BCUT2D eigenvalue weighted by Gasteiger charge is -2.41. The highest BCUT2D eigenvalue weighted by atomic mass is 79.9. The maximum atomic E-state index is 12.2. The zero-order valence-electron chi connectivity index (χ0n) is 12.3. The van der Waals surface area contributed by atoms with Crippen LogP contribution < -0.4 is 5.32 Å². The summed E-state index contributed by atoms with van der Waals surface area (Å²) in [7, 11) is 0. The number of nitrogens with zero attached hydrogens (tertiary/aromatic N) is 1. The van der Waals surface area contributed by atoms with Gasteiger partial charge in [-0.15, -0.1) is 0 Å². The summed E-state index contributed by atoms with van der Waals surface area (Å²) in [5.41, 5.74) is 0.707. The molecule has 4 heteroatoms. The number of carbonyl (C=O) groups excluding carboxylic acids is 1. The summed E-state index contributed by atoms with van der Waals surface area (Å²) in [6, 6.07) is 7.53. The molecule has 1 aromatic carbocycles. The average Bonchev–Trinajstić information content (AvgIpc) is 2.46. The van der Waals surface area contributed by atoms with Crippen molar-refractivity contribution in [2.45, 2.75) is 38.6 Å². The Morgan fingerprint density at radius 1 is 1.25 bits per heavy atom. The fourth-order valence-corrected chi connectivity index (χ4v) is 3.11. The highest BCUT2D eigenvalue weighted by Crippen LogP contribution is 2.20. The summed E-state index contributed by atoms with van der Waals surface area (Å²) in [5, 5.41) is 3.07. The Balaban J connectivity index is 1.94. The maximum Gasteiger partial charge on any atom is 0.252 e. The number of rotatable bonds is 4. The first-order chi connectivity index (χ1) is 9.50. The number of halogens is 1. The molecule has 0 aliphatic carbocycles. The Labute approximate surface area is 129 Å². The summed E-state index contributed by atoms with van der Waals surface area (Å²) >= 11 is 3.42. The minimum absolute atomic E-state index is 0.0112. The minimum Gasteiger partial charge on any atom is -0.350 e. The van der Waals surface area contributed by atoms with E-state index < -0.39 is 0 Å². The molecular formula is C16H23BrN2O. The molecule has 1 aliphatic heterocycles. The molecule has 1 aromatic rings. The van der Waals surface area contributed by atoms with Crippen molar-refractivity contribution in [3.8, 4) is 0 Å². The molecule has 1 amide bonds. The van der Waals surface area contributed by atoms with Crippen molar-refractivity contribution in [2.24, 2.45) is 0 Å². The van der Waals surface area contributed by atoms with Crippen molar-refractivity contribution in [1.29, 1.82) is 0 Å². The van der Waals surface area contributed by atoms with E-state index in [4.69, 9.17) is 0 Å². The third kappa shape index (κ3) is 3.83. The van der Waals surface area contributed by atoms with Gasteiger partial charge >= 0.3 is 0 Å². The van der Waals surface area contributed by atoms with Crippen LogP contribution in [-0.2, 0) is 0 Å². The zero-order chi connectivity index (χ0) is 14.6. The predicted octanol–water partition coefficient (Wildman–Crippen LogP) is 3.44. The Morgan fingerprint density at radius 2 is 1.90 bits per heavy atom. The fourth-order valence-electron chi connectivity index (χ4n) is 2.65. The van der Waals surface area contributed by atoms with Gasteiger partial charge in [0.15, 0.2) is 0 Å². The number of piperidine rings is 1. The van der Waals surface area contributed by atoms with Crippen LogP contribution in [0.5, 0.6) is 0 Å². The third-order valence-corrected chi connectivity index (χ3v) is 4.70. The number of hydrogen-bond donors (Lipinski definition) is 1. The molecule has 1 N–H and O–H groups in total. The largest absolute Gasteiger partial charge is 0.350 e. The Kier molecular flexibility index (Phi) is 5.22. The molecule has 3 nitrogen and oxygen atoms in total. The van der Waals surface area contributed by atoms with E-state index in [-0.39, 0.29) is 11.4 Å². The summed E-state index contributed by atoms with van der Waals surface area (Å²) in [4.78, 5) is 14.7. The number of nitrogens with one attached hydrogen (secondary N) is 1. The number of benzene rings is 1. The second kappa shape index (κ2) is 6.72. The standard InChI is InChI=1S/C16H23BrN2O/c1-16(2,19-10-6-3-7-11-19)12-18-15(20)13-8-4-5-9-14(13)17/h4-5,8-9H,3,6-7,10-12H2,1-2H3,(H,18,20). The summed E-state index contributed by atoms with van der Waals surface area (Å²) in [6.07, 6.45) is 3.86. The van der Waals surface area contributed by atoms with Crippen LogP contribution in [-0.4, -0.2) is 36.0 Å². The van der Waals surface area contributed by atoms with E-state index in [1.165, 1.54) is 19.3 Å². The van der Waals surface area contributed by atoms with Gasteiger partial charge in [0, 0.05) is 16.6 Å². The number of carbonyl (C=O) groups is 1. The third-order valence-electron chi connectivity index (χ3n) is 4.01. The molecule has 0 atom stereocenters. The van der Waals surface area contributed by atoms with Crippen molar-refractivity contribution in [3.63, 3.8) is 0 Å². The molecule has 1 heterocycles. The van der Waals surface area contributed by atoms with Gasteiger partial charge in [-0.05, 0) is 67.8 Å². The van der Waals surface area contributed by atoms with E-state index in [1.54, 1.807) is 0 Å². The molecule has 0 unspecified atom stereocenters. The van der Waals surface area contributed by atoms with E-state index in [9.17, 15) is 4.79 Å². The number of amides is 1. The van der Waals surface area contributed by atoms with Crippen LogP contribution in [0.3, 0.4) is 0 Å². The van der Waals surface area contributed by atoms with Crippen LogP contribution in [0.1, 0.15) is 43.5 Å². The maximum absolute atomic E-state index is 12.2. The molecule has 0 aromatic heterocycles. The number of likely N-dealkylation sites (tertiary alicyclic amines) is 1. The Bertz CT molecular complexity index is 467. The Hall–Kier alpha value is -0.870. The van der Waals surface area contributed by atoms with E-state index in [1.807, 2.05) is 24.3 Å². The molecule has 0 bridgehead atoms. The van der Waals surface area contributed by atoms with Crippen molar-refractivity contribution < 1.29 is 4.79 Å². The van der Waals surface area contributed by atoms with Gasteiger partial charge in [-0.1, -0.05) is 18.6 Å². The first kappa shape index (κ1) is 15.5. The molecule has 1 fully saturated rings. The molecule has 0 spiro atoms. The SMILES string of the molecule is CC(C)(CNC(=O)c1ccccc1Br)N1CCCCC1. The molecule has 0 saturated carbocycles. The summed E-state index contributed by atoms with van der Waals surface area (Å²) in [6.45, 7) is 7.36. The highest BCUT2D eigenvalue weighted by molar-refractivity contribution is 9.10. The van der Waals surface area contributed by atoms with Gasteiger partial charge in [-0.3, -0.25) is 9.69 Å². The van der Waals surface area contributed by atoms with Crippen LogP contribution in [0, 0.1) is 0 Å². The van der Waals surface area contributed by atoms with Crippen LogP contribution in [0.2, 0.25) is 0 Å². The van der Waals surface area contributed by atoms with E-state index >= 15 is 0 Å². The second-order valence-electron chi connectivity index (χ2n) is 6.02. The number of hydrogen-bond acceptors (Lipinski definition) is 2. The predicted molar refractivity (Wildman–Crippen MR) is 86.0 cm³/mol. The van der Waals surface area contributed by atoms with Gasteiger partial charge in [0.2, 0.25) is 0 Å². The van der Waals surface area contributed by atoms with Crippen LogP contribution >= 0.6 is 15.9 Å². The minimum atomic E-state index is -0.0115. The van der Waals surface area contributed by atoms with Crippen LogP contribution in [0.4, 0.5) is 0 Å². The molecule has 2 rings (SSSR count). The first-order valence-corrected chi connectivity index (χ1v) is 8.08. The van der Waals surface area contributed by atoms with Crippen molar-refractivity contribution in [2.75, 3.05) is 19.6 Å². The highest BCUT2D eigenvalue weighted by Gasteiger charge is 2.28. The monoisotopic (exact) mass is 338 g/mol. The molecular weight excluding hydrogens is 316 g/mol. The van der Waals surface area contributed by atoms with Gasteiger partial charge < -0.3 is 5.32 Å². The quantitative estimate of drug-likeness (QED) is 0.911. The zero-order valence-corrected chi connectivity index (χ0v) is 13.9. The van der Waals surface area contributed by atoms with Crippen LogP contribution in [0.25, 0.3) is 0 Å². The molecule has 20 heavy (non-hydrogen) atoms. The van der Waals surface area contributed by atoms with Crippen molar-refractivity contribution >= 4 is 21.8 Å². The van der Waals surface area contributed by atoms with E-state index in [0.29, 0.717) is 12.1 Å². The van der Waals surface area contributed by atoms with Gasteiger partial charge in [0.05, 0.1) is 5.56 Å². The van der Waals surface area contributed by atoms with Gasteiger partial charge in [-0.25, -0.2) is 0 Å².